The van der Waals surface area contributed by atoms with Crippen LogP contribution in [0.2, 0.25) is 0 Å². The van der Waals surface area contributed by atoms with Gasteiger partial charge in [0, 0.05) is 28.7 Å². The molecule has 0 saturated carbocycles. The van der Waals surface area contributed by atoms with E-state index in [1.54, 1.807) is 24.4 Å². The maximum Gasteiger partial charge on any atom is 0.292 e. The Balaban J connectivity index is 1.67. The fraction of sp³-hybridized carbons (Fsp3) is 0. The van der Waals surface area contributed by atoms with Crippen LogP contribution in [0, 0.1) is 10.1 Å². The van der Waals surface area contributed by atoms with Gasteiger partial charge >= 0.3 is 0 Å². The molecule has 0 amide bonds. The first kappa shape index (κ1) is 15.6. The lowest BCUT2D eigenvalue weighted by Gasteiger charge is -2.07. The van der Waals surface area contributed by atoms with Crippen molar-refractivity contribution in [1.82, 2.24) is 10.4 Å². The summed E-state index contributed by atoms with van der Waals surface area (Å²) in [7, 11) is 0. The summed E-state index contributed by atoms with van der Waals surface area (Å²) in [5.41, 5.74) is 4.83. The second kappa shape index (κ2) is 6.88. The van der Waals surface area contributed by atoms with Gasteiger partial charge in [-0.3, -0.25) is 15.5 Å². The highest BCUT2D eigenvalue weighted by molar-refractivity contribution is 7.80. The molecule has 3 N–H and O–H groups in total. The number of thiocarbonyl (C=S) groups is 1. The number of nitro benzene ring substituents is 1. The molecule has 0 radical (unpaired) electrons. The van der Waals surface area contributed by atoms with Gasteiger partial charge in [0.15, 0.2) is 5.11 Å². The van der Waals surface area contributed by atoms with Gasteiger partial charge in [0.05, 0.1) is 11.1 Å². The Morgan fingerprint density at radius 2 is 1.96 bits per heavy atom. The first-order valence-corrected chi connectivity index (χ1v) is 7.45. The second-order valence-electron chi connectivity index (χ2n) is 4.89. The van der Waals surface area contributed by atoms with Crippen molar-refractivity contribution in [3.05, 3.63) is 70.4 Å². The number of hydrogen-bond donors (Lipinski definition) is 3. The van der Waals surface area contributed by atoms with Crippen molar-refractivity contribution < 1.29 is 4.92 Å². The molecule has 3 aromatic rings. The zero-order valence-corrected chi connectivity index (χ0v) is 13.2. The fourth-order valence-electron chi connectivity index (χ4n) is 2.25. The molecule has 0 unspecified atom stereocenters. The number of fused-ring (bicyclic) bond motifs is 1. The monoisotopic (exact) mass is 339 g/mol. The normalized spacial score (nSPS) is 10.8. The third kappa shape index (κ3) is 3.39. The summed E-state index contributed by atoms with van der Waals surface area (Å²) in [6, 6.07) is 14.1. The fourth-order valence-corrected chi connectivity index (χ4v) is 2.41. The number of nitrogens with one attached hydrogen (secondary N) is 3. The third-order valence-corrected chi connectivity index (χ3v) is 3.53. The maximum atomic E-state index is 11.0. The quantitative estimate of drug-likeness (QED) is 0.293. The van der Waals surface area contributed by atoms with Crippen LogP contribution in [0.5, 0.6) is 0 Å². The molecule has 0 aliphatic rings. The molecule has 1 heterocycles. The van der Waals surface area contributed by atoms with Crippen molar-refractivity contribution >= 4 is 45.8 Å². The number of hydrazone groups is 1. The van der Waals surface area contributed by atoms with Crippen molar-refractivity contribution in [1.29, 1.82) is 0 Å². The lowest BCUT2D eigenvalue weighted by Crippen LogP contribution is -2.24. The summed E-state index contributed by atoms with van der Waals surface area (Å²) < 4.78 is 0. The topological polar surface area (TPSA) is 95.3 Å². The summed E-state index contributed by atoms with van der Waals surface area (Å²) in [4.78, 5) is 13.6. The molecule has 0 bridgehead atoms. The number of benzene rings is 2. The van der Waals surface area contributed by atoms with Crippen molar-refractivity contribution in [2.24, 2.45) is 5.10 Å². The standard InChI is InChI=1S/C16H13N5O2S/c22-21(23)15-8-4-3-7-14(15)19-16(24)20-18-10-11-9-17-13-6-2-1-5-12(11)13/h1-10,17H,(H2,19,20,24)/b18-10+. The molecule has 0 atom stereocenters. The molecule has 2 aromatic carbocycles. The van der Waals surface area contributed by atoms with E-state index >= 15 is 0 Å². The van der Waals surface area contributed by atoms with E-state index in [2.05, 4.69) is 20.8 Å². The highest BCUT2D eigenvalue weighted by atomic mass is 32.1. The lowest BCUT2D eigenvalue weighted by molar-refractivity contribution is -0.383. The van der Waals surface area contributed by atoms with Crippen molar-refractivity contribution in [3.63, 3.8) is 0 Å². The first-order valence-electron chi connectivity index (χ1n) is 7.05. The number of anilines is 1. The van der Waals surface area contributed by atoms with E-state index < -0.39 is 4.92 Å². The minimum Gasteiger partial charge on any atom is -0.361 e. The summed E-state index contributed by atoms with van der Waals surface area (Å²) in [5, 5.41) is 19.0. The van der Waals surface area contributed by atoms with Crippen LogP contribution in [0.1, 0.15) is 5.56 Å². The van der Waals surface area contributed by atoms with Crippen LogP contribution in [-0.4, -0.2) is 21.2 Å². The molecular weight excluding hydrogens is 326 g/mol. The Morgan fingerprint density at radius 3 is 2.79 bits per heavy atom. The van der Waals surface area contributed by atoms with E-state index in [1.165, 1.54) is 6.07 Å². The van der Waals surface area contributed by atoms with Gasteiger partial charge in [-0.15, -0.1) is 0 Å². The molecule has 7 nitrogen and oxygen atoms in total. The summed E-state index contributed by atoms with van der Waals surface area (Å²) >= 11 is 5.11. The van der Waals surface area contributed by atoms with Crippen molar-refractivity contribution in [3.8, 4) is 0 Å². The average Bonchev–Trinajstić information content (AvgIpc) is 2.98. The highest BCUT2D eigenvalue weighted by Gasteiger charge is 2.12. The molecule has 0 saturated heterocycles. The molecule has 0 aliphatic carbocycles. The minimum absolute atomic E-state index is 0.0535. The Bertz CT molecular complexity index is 935. The van der Waals surface area contributed by atoms with Crippen LogP contribution >= 0.6 is 12.2 Å². The van der Waals surface area contributed by atoms with Gasteiger partial charge in [0.1, 0.15) is 5.69 Å². The van der Waals surface area contributed by atoms with Crippen LogP contribution in [0.25, 0.3) is 10.9 Å². The second-order valence-corrected chi connectivity index (χ2v) is 5.30. The van der Waals surface area contributed by atoms with Crippen molar-refractivity contribution in [2.75, 3.05) is 5.32 Å². The van der Waals surface area contributed by atoms with Crippen LogP contribution in [0.3, 0.4) is 0 Å². The number of nitrogens with zero attached hydrogens (tertiary/aromatic N) is 2. The number of aromatic nitrogens is 1. The Labute approximate surface area is 142 Å². The van der Waals surface area contributed by atoms with Gasteiger partial charge < -0.3 is 10.3 Å². The van der Waals surface area contributed by atoms with E-state index in [9.17, 15) is 10.1 Å². The smallest absolute Gasteiger partial charge is 0.292 e. The van der Waals surface area contributed by atoms with Gasteiger partial charge in [-0.1, -0.05) is 30.3 Å². The number of aromatic amines is 1. The molecule has 0 aliphatic heterocycles. The van der Waals surface area contributed by atoms with Gasteiger partial charge in [0.25, 0.3) is 5.69 Å². The van der Waals surface area contributed by atoms with E-state index in [4.69, 9.17) is 12.2 Å². The summed E-state index contributed by atoms with van der Waals surface area (Å²) in [6.45, 7) is 0. The number of hydrogen-bond acceptors (Lipinski definition) is 4. The molecule has 120 valence electrons. The third-order valence-electron chi connectivity index (χ3n) is 3.34. The predicted octanol–water partition coefficient (Wildman–Crippen LogP) is 3.40. The molecule has 0 spiro atoms. The average molecular weight is 339 g/mol. The van der Waals surface area contributed by atoms with E-state index in [-0.39, 0.29) is 10.8 Å². The minimum atomic E-state index is -0.472. The molecule has 3 rings (SSSR count). The zero-order valence-electron chi connectivity index (χ0n) is 12.4. The zero-order chi connectivity index (χ0) is 16.9. The molecule has 8 heteroatoms. The number of H-pyrrole nitrogens is 1. The highest BCUT2D eigenvalue weighted by Crippen LogP contribution is 2.22. The van der Waals surface area contributed by atoms with E-state index in [0.29, 0.717) is 5.69 Å². The van der Waals surface area contributed by atoms with Gasteiger partial charge in [-0.2, -0.15) is 5.10 Å². The van der Waals surface area contributed by atoms with Gasteiger partial charge in [0.2, 0.25) is 0 Å². The van der Waals surface area contributed by atoms with Crippen LogP contribution in [0.4, 0.5) is 11.4 Å². The largest absolute Gasteiger partial charge is 0.361 e. The Hall–Kier alpha value is -3.26. The maximum absolute atomic E-state index is 11.0. The van der Waals surface area contributed by atoms with Gasteiger partial charge in [-0.05, 0) is 24.4 Å². The van der Waals surface area contributed by atoms with Gasteiger partial charge in [-0.25, -0.2) is 0 Å². The Morgan fingerprint density at radius 1 is 1.21 bits per heavy atom. The molecule has 24 heavy (non-hydrogen) atoms. The van der Waals surface area contributed by atoms with Crippen LogP contribution < -0.4 is 10.7 Å². The summed E-state index contributed by atoms with van der Waals surface area (Å²) in [5.74, 6) is 0. The number of para-hydroxylation sites is 3. The first-order chi connectivity index (χ1) is 11.6. The van der Waals surface area contributed by atoms with Crippen LogP contribution in [0.15, 0.2) is 59.8 Å². The van der Waals surface area contributed by atoms with Crippen LogP contribution in [-0.2, 0) is 0 Å². The predicted molar refractivity (Wildman–Crippen MR) is 98.3 cm³/mol. The molecule has 0 fully saturated rings. The molecular formula is C16H13N5O2S. The Kier molecular flexibility index (Phi) is 4.48. The number of rotatable bonds is 4. The van der Waals surface area contributed by atoms with Crippen molar-refractivity contribution in [2.45, 2.75) is 0 Å². The van der Waals surface area contributed by atoms with E-state index in [1.807, 2.05) is 30.5 Å². The summed E-state index contributed by atoms with van der Waals surface area (Å²) in [6.07, 6.45) is 3.47. The lowest BCUT2D eigenvalue weighted by atomic mass is 10.2. The SMILES string of the molecule is O=[N+]([O-])c1ccccc1NC(=S)N/N=C/c1c[nH]c2ccccc12. The number of nitro groups is 1. The molecule has 1 aromatic heterocycles. The van der Waals surface area contributed by atoms with E-state index in [0.717, 1.165) is 16.5 Å².